The van der Waals surface area contributed by atoms with Crippen LogP contribution in [0.5, 0.6) is 0 Å². The Bertz CT molecular complexity index is 179. The number of rotatable bonds is 3. The summed E-state index contributed by atoms with van der Waals surface area (Å²) in [5.41, 5.74) is -0.480. The van der Waals surface area contributed by atoms with E-state index in [1.54, 1.807) is 13.3 Å². The Balaban J connectivity index is 2.63. The van der Waals surface area contributed by atoms with Gasteiger partial charge in [-0.15, -0.1) is 11.8 Å². The molecule has 1 fully saturated rings. The molecule has 5 atom stereocenters. The van der Waals surface area contributed by atoms with E-state index in [1.165, 1.54) is 11.8 Å². The normalized spacial score (nSPS) is 43.9. The van der Waals surface area contributed by atoms with Crippen LogP contribution in [0.4, 0.5) is 0 Å². The Kier molecular flexibility index (Phi) is 4.62. The average Bonchev–Trinajstić information content (AvgIpc) is 2.19. The molecular formula is C8H17NO4S. The molecule has 84 valence electrons. The Morgan fingerprint density at radius 3 is 2.36 bits per heavy atom. The Labute approximate surface area is 87.5 Å². The molecule has 5 nitrogen and oxygen atoms in total. The van der Waals surface area contributed by atoms with Gasteiger partial charge in [0.25, 0.3) is 0 Å². The van der Waals surface area contributed by atoms with Gasteiger partial charge >= 0.3 is 0 Å². The number of ether oxygens (including phenoxy) is 1. The monoisotopic (exact) mass is 223 g/mol. The third kappa shape index (κ3) is 2.39. The van der Waals surface area contributed by atoms with Crippen LogP contribution in [-0.2, 0) is 4.74 Å². The van der Waals surface area contributed by atoms with Crippen LogP contribution in [0.2, 0.25) is 0 Å². The Hall–Kier alpha value is 0.150. The van der Waals surface area contributed by atoms with E-state index in [9.17, 15) is 15.3 Å². The maximum atomic E-state index is 9.57. The number of aliphatic hydroxyl groups excluding tert-OH is 3. The van der Waals surface area contributed by atoms with Crippen LogP contribution in [0.3, 0.4) is 0 Å². The number of hydrogen-bond acceptors (Lipinski definition) is 6. The molecule has 0 saturated carbocycles. The molecule has 1 aliphatic rings. The molecule has 1 saturated heterocycles. The second kappa shape index (κ2) is 5.29. The molecule has 1 aliphatic heterocycles. The number of thioether (sulfide) groups is 1. The van der Waals surface area contributed by atoms with Gasteiger partial charge in [-0.1, -0.05) is 0 Å². The fourth-order valence-corrected chi connectivity index (χ4v) is 2.17. The van der Waals surface area contributed by atoms with Crippen molar-refractivity contribution in [2.45, 2.75) is 29.9 Å². The average molecular weight is 223 g/mol. The molecule has 6 heteroatoms. The van der Waals surface area contributed by atoms with Crippen molar-refractivity contribution < 1.29 is 20.1 Å². The third-order valence-electron chi connectivity index (χ3n) is 2.31. The number of hydrogen-bond donors (Lipinski definition) is 4. The molecule has 0 bridgehead atoms. The van der Waals surface area contributed by atoms with Gasteiger partial charge in [-0.05, 0) is 13.3 Å². The molecule has 0 radical (unpaired) electrons. The first kappa shape index (κ1) is 12.2. The summed E-state index contributed by atoms with van der Waals surface area (Å²) in [7, 11) is 1.74. The van der Waals surface area contributed by atoms with Gasteiger partial charge in [0, 0.05) is 6.54 Å². The molecule has 0 aromatic heterocycles. The van der Waals surface area contributed by atoms with Crippen LogP contribution in [0.25, 0.3) is 0 Å². The minimum absolute atomic E-state index is 0.446. The van der Waals surface area contributed by atoms with E-state index in [1.807, 2.05) is 0 Å². The highest BCUT2D eigenvalue weighted by molar-refractivity contribution is 7.99. The summed E-state index contributed by atoms with van der Waals surface area (Å²) in [4.78, 5) is 0. The first-order valence-corrected chi connectivity index (χ1v) is 5.77. The molecule has 1 heterocycles. The van der Waals surface area contributed by atoms with Gasteiger partial charge < -0.3 is 25.4 Å². The molecule has 0 aromatic carbocycles. The summed E-state index contributed by atoms with van der Waals surface area (Å²) in [6.07, 6.45) is -1.90. The SMILES string of the molecule is CNCC1OC(SC)C(O)C(O)C1O. The van der Waals surface area contributed by atoms with Crippen molar-refractivity contribution in [3.05, 3.63) is 0 Å². The molecule has 4 N–H and O–H groups in total. The van der Waals surface area contributed by atoms with Crippen LogP contribution >= 0.6 is 11.8 Å². The van der Waals surface area contributed by atoms with Crippen LogP contribution in [0, 0.1) is 0 Å². The van der Waals surface area contributed by atoms with E-state index >= 15 is 0 Å². The molecule has 0 aliphatic carbocycles. The van der Waals surface area contributed by atoms with Gasteiger partial charge in [0.05, 0.1) is 0 Å². The van der Waals surface area contributed by atoms with E-state index in [-0.39, 0.29) is 0 Å². The van der Waals surface area contributed by atoms with E-state index in [2.05, 4.69) is 5.32 Å². The minimum Gasteiger partial charge on any atom is -0.388 e. The van der Waals surface area contributed by atoms with Gasteiger partial charge in [0.15, 0.2) is 0 Å². The molecule has 0 spiro atoms. The summed E-state index contributed by atoms with van der Waals surface area (Å²) in [5, 5.41) is 31.5. The van der Waals surface area contributed by atoms with Crippen molar-refractivity contribution in [2.24, 2.45) is 0 Å². The largest absolute Gasteiger partial charge is 0.388 e. The number of aliphatic hydroxyl groups is 3. The molecule has 5 unspecified atom stereocenters. The highest BCUT2D eigenvalue weighted by Crippen LogP contribution is 2.26. The van der Waals surface area contributed by atoms with Crippen molar-refractivity contribution in [3.63, 3.8) is 0 Å². The lowest BCUT2D eigenvalue weighted by Crippen LogP contribution is -2.58. The molecule has 0 amide bonds. The van der Waals surface area contributed by atoms with Gasteiger partial charge in [0.2, 0.25) is 0 Å². The zero-order chi connectivity index (χ0) is 10.7. The van der Waals surface area contributed by atoms with Crippen LogP contribution in [-0.4, -0.2) is 65.0 Å². The second-order valence-corrected chi connectivity index (χ2v) is 4.24. The molecule has 0 aromatic rings. The van der Waals surface area contributed by atoms with Crippen LogP contribution in [0.1, 0.15) is 0 Å². The van der Waals surface area contributed by atoms with Crippen LogP contribution in [0.15, 0.2) is 0 Å². The van der Waals surface area contributed by atoms with Gasteiger partial charge in [-0.2, -0.15) is 0 Å². The molecular weight excluding hydrogens is 206 g/mol. The summed E-state index contributed by atoms with van der Waals surface area (Å²) in [5.74, 6) is 0. The lowest BCUT2D eigenvalue weighted by Gasteiger charge is -2.39. The van der Waals surface area contributed by atoms with E-state index < -0.39 is 29.9 Å². The number of likely N-dealkylation sites (N-methyl/N-ethyl adjacent to an activating group) is 1. The van der Waals surface area contributed by atoms with E-state index in [0.29, 0.717) is 6.54 Å². The summed E-state index contributed by atoms with van der Waals surface area (Å²) >= 11 is 1.32. The predicted octanol–water partition coefficient (Wildman–Crippen LogP) is -1.62. The predicted molar refractivity (Wildman–Crippen MR) is 54.1 cm³/mol. The maximum absolute atomic E-state index is 9.57. The summed E-state index contributed by atoms with van der Waals surface area (Å²) in [6.45, 7) is 0.446. The zero-order valence-electron chi connectivity index (χ0n) is 8.25. The van der Waals surface area contributed by atoms with Crippen molar-refractivity contribution >= 4 is 11.8 Å². The molecule has 1 rings (SSSR count). The smallest absolute Gasteiger partial charge is 0.132 e. The first-order chi connectivity index (χ1) is 6.61. The standard InChI is InChI=1S/C8H17NO4S/c1-9-3-4-5(10)6(11)7(12)8(13-4)14-2/h4-12H,3H2,1-2H3. The number of nitrogens with one attached hydrogen (secondary N) is 1. The third-order valence-corrected chi connectivity index (χ3v) is 3.16. The quantitative estimate of drug-likeness (QED) is 0.460. The van der Waals surface area contributed by atoms with Gasteiger partial charge in [-0.3, -0.25) is 0 Å². The lowest BCUT2D eigenvalue weighted by molar-refractivity contribution is -0.195. The van der Waals surface area contributed by atoms with Gasteiger partial charge in [-0.25, -0.2) is 0 Å². The molecule has 14 heavy (non-hydrogen) atoms. The summed E-state index contributed by atoms with van der Waals surface area (Å²) < 4.78 is 5.41. The van der Waals surface area contributed by atoms with Crippen molar-refractivity contribution in [1.82, 2.24) is 5.32 Å². The Morgan fingerprint density at radius 1 is 1.21 bits per heavy atom. The van der Waals surface area contributed by atoms with Crippen LogP contribution < -0.4 is 5.32 Å². The fourth-order valence-electron chi connectivity index (χ4n) is 1.48. The van der Waals surface area contributed by atoms with Gasteiger partial charge in [0.1, 0.15) is 29.9 Å². The van der Waals surface area contributed by atoms with Crippen molar-refractivity contribution in [3.8, 4) is 0 Å². The fraction of sp³-hybridized carbons (Fsp3) is 1.00. The lowest BCUT2D eigenvalue weighted by atomic mass is 10.00. The second-order valence-electron chi connectivity index (χ2n) is 3.31. The maximum Gasteiger partial charge on any atom is 0.132 e. The van der Waals surface area contributed by atoms with E-state index in [4.69, 9.17) is 4.74 Å². The first-order valence-electron chi connectivity index (χ1n) is 4.49. The highest BCUT2D eigenvalue weighted by atomic mass is 32.2. The summed E-state index contributed by atoms with van der Waals surface area (Å²) in [6, 6.07) is 0. The zero-order valence-corrected chi connectivity index (χ0v) is 9.07. The topological polar surface area (TPSA) is 82.0 Å². The van der Waals surface area contributed by atoms with Crippen molar-refractivity contribution in [1.29, 1.82) is 0 Å². The van der Waals surface area contributed by atoms with E-state index in [0.717, 1.165) is 0 Å². The van der Waals surface area contributed by atoms with Crippen molar-refractivity contribution in [2.75, 3.05) is 19.8 Å². The highest BCUT2D eigenvalue weighted by Gasteiger charge is 2.42. The minimum atomic E-state index is -1.14. The Morgan fingerprint density at radius 2 is 1.86 bits per heavy atom.